The maximum absolute atomic E-state index is 12.8. The van der Waals surface area contributed by atoms with Gasteiger partial charge in [-0.1, -0.05) is 48.5 Å². The molecule has 1 heterocycles. The highest BCUT2D eigenvalue weighted by molar-refractivity contribution is 7.99. The molecule has 2 unspecified atom stereocenters. The van der Waals surface area contributed by atoms with Gasteiger partial charge in [-0.25, -0.2) is 0 Å². The number of nitrogens with one attached hydrogen (secondary N) is 1. The van der Waals surface area contributed by atoms with Crippen LogP contribution in [0.3, 0.4) is 0 Å². The van der Waals surface area contributed by atoms with Crippen LogP contribution in [0.5, 0.6) is 0 Å². The predicted molar refractivity (Wildman–Crippen MR) is 94.1 cm³/mol. The van der Waals surface area contributed by atoms with Crippen molar-refractivity contribution in [1.82, 2.24) is 5.32 Å². The zero-order chi connectivity index (χ0) is 16.9. The van der Waals surface area contributed by atoms with E-state index in [1.54, 1.807) is 11.8 Å². The number of hydrogen-bond acceptors (Lipinski definition) is 3. The number of carboxylic acid groups (broad SMARTS) is 1. The van der Waals surface area contributed by atoms with Crippen molar-refractivity contribution in [3.05, 3.63) is 65.7 Å². The molecular formula is C19H19NO3S. The summed E-state index contributed by atoms with van der Waals surface area (Å²) in [5, 5.41) is 12.0. The average molecular weight is 341 g/mol. The standard InChI is InChI=1S/C19H19NO3S/c21-18(22)11-10-16(13-6-2-1-3-7-13)20-19(23)15-12-24-17-9-5-4-8-14(15)17/h1-9,15-16H,10-12H2,(H,20,23)(H,21,22). The highest BCUT2D eigenvalue weighted by atomic mass is 32.2. The summed E-state index contributed by atoms with van der Waals surface area (Å²) in [6.45, 7) is 0. The van der Waals surface area contributed by atoms with Gasteiger partial charge in [0.15, 0.2) is 0 Å². The highest BCUT2D eigenvalue weighted by Gasteiger charge is 2.30. The molecular weight excluding hydrogens is 322 g/mol. The summed E-state index contributed by atoms with van der Waals surface area (Å²) in [6, 6.07) is 17.2. The van der Waals surface area contributed by atoms with Crippen LogP contribution < -0.4 is 5.32 Å². The molecule has 1 aliphatic heterocycles. The Labute approximate surface area is 145 Å². The van der Waals surface area contributed by atoms with E-state index in [2.05, 4.69) is 5.32 Å². The maximum Gasteiger partial charge on any atom is 0.303 e. The number of rotatable bonds is 6. The van der Waals surface area contributed by atoms with Gasteiger partial charge in [-0.2, -0.15) is 0 Å². The van der Waals surface area contributed by atoms with Gasteiger partial charge < -0.3 is 10.4 Å². The van der Waals surface area contributed by atoms with Gasteiger partial charge >= 0.3 is 5.97 Å². The Hall–Kier alpha value is -2.27. The van der Waals surface area contributed by atoms with E-state index < -0.39 is 5.97 Å². The van der Waals surface area contributed by atoms with Gasteiger partial charge in [-0.3, -0.25) is 9.59 Å². The molecule has 0 bridgehead atoms. The fourth-order valence-electron chi connectivity index (χ4n) is 2.93. The number of amides is 1. The van der Waals surface area contributed by atoms with E-state index in [0.717, 1.165) is 21.8 Å². The number of aliphatic carboxylic acids is 1. The molecule has 4 nitrogen and oxygen atoms in total. The van der Waals surface area contributed by atoms with Gasteiger partial charge in [-0.05, 0) is 23.6 Å². The lowest BCUT2D eigenvalue weighted by Gasteiger charge is -2.21. The second kappa shape index (κ2) is 7.53. The van der Waals surface area contributed by atoms with Gasteiger partial charge in [0.05, 0.1) is 12.0 Å². The van der Waals surface area contributed by atoms with Crippen LogP contribution in [-0.4, -0.2) is 22.7 Å². The van der Waals surface area contributed by atoms with E-state index in [1.165, 1.54) is 0 Å². The molecule has 1 aliphatic rings. The van der Waals surface area contributed by atoms with E-state index in [1.807, 2.05) is 54.6 Å². The molecule has 0 aromatic heterocycles. The Kier molecular flexibility index (Phi) is 5.20. The van der Waals surface area contributed by atoms with E-state index in [0.29, 0.717) is 6.42 Å². The van der Waals surface area contributed by atoms with Gasteiger partial charge in [-0.15, -0.1) is 11.8 Å². The summed E-state index contributed by atoms with van der Waals surface area (Å²) in [7, 11) is 0. The van der Waals surface area contributed by atoms with Gasteiger partial charge in [0.2, 0.25) is 5.91 Å². The van der Waals surface area contributed by atoms with Crippen LogP contribution in [-0.2, 0) is 9.59 Å². The molecule has 0 radical (unpaired) electrons. The Morgan fingerprint density at radius 2 is 1.83 bits per heavy atom. The van der Waals surface area contributed by atoms with Crippen molar-refractivity contribution >= 4 is 23.6 Å². The first kappa shape index (κ1) is 16.6. The van der Waals surface area contributed by atoms with Crippen molar-refractivity contribution in [2.45, 2.75) is 29.7 Å². The van der Waals surface area contributed by atoms with E-state index in [4.69, 9.17) is 5.11 Å². The van der Waals surface area contributed by atoms with E-state index >= 15 is 0 Å². The molecule has 24 heavy (non-hydrogen) atoms. The van der Waals surface area contributed by atoms with Crippen LogP contribution in [0.1, 0.15) is 35.9 Å². The zero-order valence-electron chi connectivity index (χ0n) is 13.1. The second-order valence-corrected chi connectivity index (χ2v) is 6.87. The first-order valence-corrected chi connectivity index (χ1v) is 8.92. The molecule has 3 rings (SSSR count). The van der Waals surface area contributed by atoms with E-state index in [-0.39, 0.29) is 24.3 Å². The second-order valence-electron chi connectivity index (χ2n) is 5.81. The Balaban J connectivity index is 1.75. The number of thioether (sulfide) groups is 1. The minimum Gasteiger partial charge on any atom is -0.481 e. The molecule has 0 fully saturated rings. The lowest BCUT2D eigenvalue weighted by Crippen LogP contribution is -2.33. The van der Waals surface area contributed by atoms with Crippen molar-refractivity contribution in [3.63, 3.8) is 0 Å². The molecule has 0 saturated heterocycles. The van der Waals surface area contributed by atoms with Crippen LogP contribution >= 0.6 is 11.8 Å². The van der Waals surface area contributed by atoms with Crippen LogP contribution in [0, 0.1) is 0 Å². The number of hydrogen-bond donors (Lipinski definition) is 2. The molecule has 2 atom stereocenters. The van der Waals surface area contributed by atoms with Crippen LogP contribution in [0.25, 0.3) is 0 Å². The molecule has 1 amide bonds. The third-order valence-corrected chi connectivity index (χ3v) is 5.36. The summed E-state index contributed by atoms with van der Waals surface area (Å²) in [5.41, 5.74) is 2.00. The average Bonchev–Trinajstić information content (AvgIpc) is 3.03. The summed E-state index contributed by atoms with van der Waals surface area (Å²) < 4.78 is 0. The molecule has 5 heteroatoms. The first-order chi connectivity index (χ1) is 11.6. The lowest BCUT2D eigenvalue weighted by molar-refractivity contribution is -0.137. The number of carboxylic acids is 1. The fourth-order valence-corrected chi connectivity index (χ4v) is 4.16. The minimum atomic E-state index is -0.855. The zero-order valence-corrected chi connectivity index (χ0v) is 14.0. The highest BCUT2D eigenvalue weighted by Crippen LogP contribution is 2.39. The smallest absolute Gasteiger partial charge is 0.303 e. The van der Waals surface area contributed by atoms with Gasteiger partial charge in [0.1, 0.15) is 0 Å². The molecule has 2 N–H and O–H groups in total. The molecule has 124 valence electrons. The quantitative estimate of drug-likeness (QED) is 0.842. The third-order valence-electron chi connectivity index (χ3n) is 4.18. The Morgan fingerprint density at radius 1 is 1.12 bits per heavy atom. The predicted octanol–water partition coefficient (Wildman–Crippen LogP) is 3.60. The summed E-state index contributed by atoms with van der Waals surface area (Å²) in [5.74, 6) is -0.341. The Bertz CT molecular complexity index is 732. The topological polar surface area (TPSA) is 66.4 Å². The van der Waals surface area contributed by atoms with Gasteiger partial charge in [0.25, 0.3) is 0 Å². The number of carbonyl (C=O) groups excluding carboxylic acids is 1. The third kappa shape index (κ3) is 3.79. The first-order valence-electron chi connectivity index (χ1n) is 7.94. The molecule has 0 aliphatic carbocycles. The number of benzene rings is 2. The lowest BCUT2D eigenvalue weighted by atomic mass is 9.97. The Morgan fingerprint density at radius 3 is 2.58 bits per heavy atom. The maximum atomic E-state index is 12.8. The van der Waals surface area contributed by atoms with E-state index in [9.17, 15) is 9.59 Å². The molecule has 2 aromatic rings. The SMILES string of the molecule is O=C(O)CCC(NC(=O)C1CSc2ccccc21)c1ccccc1. The monoisotopic (exact) mass is 341 g/mol. The number of fused-ring (bicyclic) bond motifs is 1. The summed E-state index contributed by atoms with van der Waals surface area (Å²) in [6.07, 6.45) is 0.405. The van der Waals surface area contributed by atoms with Crippen molar-refractivity contribution in [2.24, 2.45) is 0 Å². The molecule has 0 saturated carbocycles. The number of carbonyl (C=O) groups is 2. The van der Waals surface area contributed by atoms with Crippen molar-refractivity contribution < 1.29 is 14.7 Å². The largest absolute Gasteiger partial charge is 0.481 e. The molecule has 2 aromatic carbocycles. The van der Waals surface area contributed by atoms with Crippen LogP contribution in [0.4, 0.5) is 0 Å². The van der Waals surface area contributed by atoms with Crippen molar-refractivity contribution in [2.75, 3.05) is 5.75 Å². The van der Waals surface area contributed by atoms with Crippen LogP contribution in [0.2, 0.25) is 0 Å². The van der Waals surface area contributed by atoms with Crippen LogP contribution in [0.15, 0.2) is 59.5 Å². The summed E-state index contributed by atoms with van der Waals surface area (Å²) >= 11 is 1.69. The van der Waals surface area contributed by atoms with Crippen molar-refractivity contribution in [3.8, 4) is 0 Å². The minimum absolute atomic E-state index is 0.0237. The fraction of sp³-hybridized carbons (Fsp3) is 0.263. The normalized spacial score (nSPS) is 17.1. The summed E-state index contributed by atoms with van der Waals surface area (Å²) in [4.78, 5) is 24.8. The van der Waals surface area contributed by atoms with Gasteiger partial charge in [0, 0.05) is 17.1 Å². The molecule has 0 spiro atoms. The van der Waals surface area contributed by atoms with Crippen molar-refractivity contribution in [1.29, 1.82) is 0 Å².